The molecule has 0 amide bonds. The van der Waals surface area contributed by atoms with Gasteiger partial charge in [-0.15, -0.1) is 0 Å². The number of rotatable bonds is 3. The molecule has 0 spiro atoms. The second-order valence-corrected chi connectivity index (χ2v) is 3.73. The maximum Gasteiger partial charge on any atom is 0.395 e. The first-order chi connectivity index (χ1) is 6.95. The first-order valence-electron chi connectivity index (χ1n) is 4.84. The Morgan fingerprint density at radius 3 is 2.67 bits per heavy atom. The lowest BCUT2D eigenvalue weighted by molar-refractivity contribution is -0.169. The first kappa shape index (κ1) is 12.0. The van der Waals surface area contributed by atoms with Crippen LogP contribution in [0.15, 0.2) is 23.8 Å². The van der Waals surface area contributed by atoms with Gasteiger partial charge in [-0.1, -0.05) is 30.7 Å². The van der Waals surface area contributed by atoms with Gasteiger partial charge < -0.3 is 4.79 Å². The molecule has 0 aliphatic heterocycles. The summed E-state index contributed by atoms with van der Waals surface area (Å²) in [6.07, 6.45) is 1.64. The molecule has 0 saturated carbocycles. The summed E-state index contributed by atoms with van der Waals surface area (Å²) in [5.41, 5.74) is 0.600. The quantitative estimate of drug-likeness (QED) is 0.664. The van der Waals surface area contributed by atoms with Crippen molar-refractivity contribution >= 4 is 6.29 Å². The van der Waals surface area contributed by atoms with E-state index < -0.39 is 18.0 Å². The molecule has 2 unspecified atom stereocenters. The van der Waals surface area contributed by atoms with Gasteiger partial charge in [0.15, 0.2) is 0 Å². The van der Waals surface area contributed by atoms with Crippen LogP contribution in [0.3, 0.4) is 0 Å². The molecule has 0 heterocycles. The summed E-state index contributed by atoms with van der Waals surface area (Å²) < 4.78 is 37.6. The summed E-state index contributed by atoms with van der Waals surface area (Å²) in [5.74, 6) is -1.94. The van der Waals surface area contributed by atoms with Crippen molar-refractivity contribution < 1.29 is 18.0 Å². The molecule has 1 aliphatic rings. The molecule has 0 fully saturated rings. The summed E-state index contributed by atoms with van der Waals surface area (Å²) in [5, 5.41) is 0. The maximum absolute atomic E-state index is 12.5. The monoisotopic (exact) mass is 218 g/mol. The molecule has 0 aromatic rings. The van der Waals surface area contributed by atoms with Crippen LogP contribution in [0.5, 0.6) is 0 Å². The van der Waals surface area contributed by atoms with Crippen molar-refractivity contribution in [1.29, 1.82) is 0 Å². The molecule has 0 aromatic carbocycles. The van der Waals surface area contributed by atoms with Crippen LogP contribution in [-0.4, -0.2) is 12.5 Å². The van der Waals surface area contributed by atoms with Crippen molar-refractivity contribution in [3.63, 3.8) is 0 Å². The van der Waals surface area contributed by atoms with Crippen LogP contribution in [0.1, 0.15) is 19.8 Å². The second kappa shape index (κ2) is 4.64. The van der Waals surface area contributed by atoms with Gasteiger partial charge in [-0.3, -0.25) is 0 Å². The molecule has 15 heavy (non-hydrogen) atoms. The molecule has 1 rings (SSSR count). The maximum atomic E-state index is 12.5. The topological polar surface area (TPSA) is 17.1 Å². The van der Waals surface area contributed by atoms with Gasteiger partial charge in [0, 0.05) is 6.42 Å². The molecule has 1 nitrogen and oxygen atoms in total. The highest BCUT2D eigenvalue weighted by Crippen LogP contribution is 2.37. The van der Waals surface area contributed by atoms with Gasteiger partial charge in [-0.2, -0.15) is 13.2 Å². The molecule has 4 heteroatoms. The predicted octanol–water partition coefficient (Wildman–Crippen LogP) is 3.28. The lowest BCUT2D eigenvalue weighted by atomic mass is 9.85. The Balaban J connectivity index is 2.76. The fourth-order valence-electron chi connectivity index (χ4n) is 1.62. The molecule has 0 radical (unpaired) electrons. The number of allylic oxidation sites excluding steroid dienone is 4. The lowest BCUT2D eigenvalue weighted by Gasteiger charge is -2.25. The smallest absolute Gasteiger partial charge is 0.303 e. The van der Waals surface area contributed by atoms with E-state index in [9.17, 15) is 18.0 Å². The van der Waals surface area contributed by atoms with Crippen molar-refractivity contribution in [2.45, 2.75) is 25.9 Å². The molecule has 1 aliphatic carbocycles. The van der Waals surface area contributed by atoms with E-state index in [0.29, 0.717) is 12.0 Å². The van der Waals surface area contributed by atoms with Crippen LogP contribution < -0.4 is 0 Å². The zero-order chi connectivity index (χ0) is 11.5. The summed E-state index contributed by atoms with van der Waals surface area (Å²) in [7, 11) is 0. The summed E-state index contributed by atoms with van der Waals surface area (Å²) >= 11 is 0. The molecular weight excluding hydrogens is 205 g/mol. The van der Waals surface area contributed by atoms with E-state index in [4.69, 9.17) is 0 Å². The fourth-order valence-corrected chi connectivity index (χ4v) is 1.62. The molecule has 2 atom stereocenters. The van der Waals surface area contributed by atoms with Crippen LogP contribution in [-0.2, 0) is 4.79 Å². The van der Waals surface area contributed by atoms with Crippen molar-refractivity contribution in [1.82, 2.24) is 0 Å². The Morgan fingerprint density at radius 1 is 1.47 bits per heavy atom. The third-order valence-corrected chi connectivity index (χ3v) is 2.50. The third kappa shape index (κ3) is 3.22. The molecule has 0 bridgehead atoms. The van der Waals surface area contributed by atoms with Gasteiger partial charge >= 0.3 is 6.18 Å². The Kier molecular flexibility index (Phi) is 3.72. The van der Waals surface area contributed by atoms with Crippen LogP contribution in [0, 0.1) is 11.8 Å². The average molecular weight is 218 g/mol. The van der Waals surface area contributed by atoms with E-state index in [1.165, 1.54) is 6.08 Å². The fraction of sp³-hybridized carbons (Fsp3) is 0.545. The Morgan fingerprint density at radius 2 is 2.13 bits per heavy atom. The molecule has 0 aromatic heterocycles. The van der Waals surface area contributed by atoms with E-state index in [2.05, 4.69) is 0 Å². The second-order valence-electron chi connectivity index (χ2n) is 3.73. The van der Waals surface area contributed by atoms with Gasteiger partial charge in [0.05, 0.1) is 5.92 Å². The number of hydrogen-bond donors (Lipinski definition) is 0. The van der Waals surface area contributed by atoms with Gasteiger partial charge in [0.25, 0.3) is 0 Å². The highest BCUT2D eigenvalue weighted by Gasteiger charge is 2.41. The van der Waals surface area contributed by atoms with Crippen LogP contribution in [0.2, 0.25) is 0 Å². The number of halogens is 3. The number of carbonyl (C=O) groups excluding carboxylic acids is 1. The SMILES string of the molecule is CC1C=CC(CCC=O)=CC1C(F)(F)F. The zero-order valence-corrected chi connectivity index (χ0v) is 8.42. The number of aldehydes is 1. The van der Waals surface area contributed by atoms with Crippen molar-refractivity contribution in [3.05, 3.63) is 23.8 Å². The van der Waals surface area contributed by atoms with Crippen molar-refractivity contribution in [2.24, 2.45) is 11.8 Å². The highest BCUT2D eigenvalue weighted by atomic mass is 19.4. The summed E-state index contributed by atoms with van der Waals surface area (Å²) in [4.78, 5) is 10.1. The van der Waals surface area contributed by atoms with E-state index in [1.54, 1.807) is 19.1 Å². The Bertz CT molecular complexity index is 289. The normalized spacial score (nSPS) is 26.3. The molecule has 0 saturated heterocycles. The average Bonchev–Trinajstić information content (AvgIpc) is 2.15. The number of hydrogen-bond acceptors (Lipinski definition) is 1. The Hall–Kier alpha value is -1.06. The zero-order valence-electron chi connectivity index (χ0n) is 8.42. The molecular formula is C11H13F3O. The summed E-state index contributed by atoms with van der Waals surface area (Å²) in [6.45, 7) is 1.54. The minimum Gasteiger partial charge on any atom is -0.303 e. The predicted molar refractivity (Wildman–Crippen MR) is 51.2 cm³/mol. The van der Waals surface area contributed by atoms with E-state index in [-0.39, 0.29) is 6.42 Å². The minimum atomic E-state index is -4.20. The highest BCUT2D eigenvalue weighted by molar-refractivity contribution is 5.50. The van der Waals surface area contributed by atoms with Gasteiger partial charge in [0.2, 0.25) is 0 Å². The van der Waals surface area contributed by atoms with Crippen LogP contribution in [0.25, 0.3) is 0 Å². The standard InChI is InChI=1S/C11H13F3O/c1-8-4-5-9(3-2-6-15)7-10(8)11(12,13)14/h4-8,10H,2-3H2,1H3. The minimum absolute atomic E-state index is 0.273. The largest absolute Gasteiger partial charge is 0.395 e. The number of carbonyl (C=O) groups is 1. The molecule has 84 valence electrons. The number of alkyl halides is 3. The van der Waals surface area contributed by atoms with Gasteiger partial charge in [0.1, 0.15) is 6.29 Å². The van der Waals surface area contributed by atoms with E-state index in [1.807, 2.05) is 0 Å². The van der Waals surface area contributed by atoms with Crippen molar-refractivity contribution in [3.8, 4) is 0 Å². The lowest BCUT2D eigenvalue weighted by Crippen LogP contribution is -2.28. The Labute approximate surface area is 86.7 Å². The van der Waals surface area contributed by atoms with E-state index >= 15 is 0 Å². The summed E-state index contributed by atoms with van der Waals surface area (Å²) in [6, 6.07) is 0. The molecule has 0 N–H and O–H groups in total. The third-order valence-electron chi connectivity index (χ3n) is 2.50. The van der Waals surface area contributed by atoms with E-state index in [0.717, 1.165) is 6.29 Å². The van der Waals surface area contributed by atoms with Crippen LogP contribution >= 0.6 is 0 Å². The van der Waals surface area contributed by atoms with Crippen molar-refractivity contribution in [2.75, 3.05) is 0 Å². The first-order valence-corrected chi connectivity index (χ1v) is 4.84. The van der Waals surface area contributed by atoms with Gasteiger partial charge in [-0.25, -0.2) is 0 Å². The van der Waals surface area contributed by atoms with Crippen LogP contribution in [0.4, 0.5) is 13.2 Å². The van der Waals surface area contributed by atoms with Gasteiger partial charge in [-0.05, 0) is 12.3 Å².